The molecule has 3 fully saturated rings. The lowest BCUT2D eigenvalue weighted by atomic mass is 9.73. The Bertz CT molecular complexity index is 326. The molecule has 1 N–H and O–H groups in total. The maximum atomic E-state index is 12.4. The first kappa shape index (κ1) is 16.1. The van der Waals surface area contributed by atoms with Gasteiger partial charge in [0.1, 0.15) is 0 Å². The van der Waals surface area contributed by atoms with Gasteiger partial charge in [-0.25, -0.2) is 0 Å². The van der Waals surface area contributed by atoms with Gasteiger partial charge in [0.05, 0.1) is 19.1 Å². The number of hydrogen-bond donors (Lipinski definition) is 1. The fraction of sp³-hybridized carbons (Fsp3) is 0.933. The summed E-state index contributed by atoms with van der Waals surface area (Å²) in [6.07, 6.45) is 8.64. The standard InChI is InChI=1S/C15H26N2O2.ClH/c18-14(10-13-11-16-7-9-19-13)17-8-6-15(12-17)4-2-1-3-5-15;/h13,16H,1-12H2;1H. The summed E-state index contributed by atoms with van der Waals surface area (Å²) in [5.74, 6) is 0.302. The second-order valence-electron chi connectivity index (χ2n) is 6.53. The van der Waals surface area contributed by atoms with Gasteiger partial charge < -0.3 is 15.0 Å². The summed E-state index contributed by atoms with van der Waals surface area (Å²) in [6, 6.07) is 0. The van der Waals surface area contributed by atoms with Gasteiger partial charge in [-0.3, -0.25) is 4.79 Å². The number of ether oxygens (including phenoxy) is 1. The van der Waals surface area contributed by atoms with E-state index >= 15 is 0 Å². The van der Waals surface area contributed by atoms with Crippen LogP contribution in [0.5, 0.6) is 0 Å². The molecule has 0 aromatic carbocycles. The third-order valence-corrected chi connectivity index (χ3v) is 5.11. The Morgan fingerprint density at radius 1 is 1.25 bits per heavy atom. The highest BCUT2D eigenvalue weighted by molar-refractivity contribution is 5.85. The molecule has 1 saturated carbocycles. The van der Waals surface area contributed by atoms with E-state index in [1.54, 1.807) is 0 Å². The first-order valence-corrected chi connectivity index (χ1v) is 7.88. The van der Waals surface area contributed by atoms with Gasteiger partial charge in [-0.05, 0) is 24.7 Å². The maximum Gasteiger partial charge on any atom is 0.225 e. The van der Waals surface area contributed by atoms with Crippen molar-refractivity contribution in [3.63, 3.8) is 0 Å². The Morgan fingerprint density at radius 2 is 2.05 bits per heavy atom. The molecule has 1 unspecified atom stereocenters. The molecule has 0 aromatic heterocycles. The lowest BCUT2D eigenvalue weighted by molar-refractivity contribution is -0.134. The van der Waals surface area contributed by atoms with E-state index in [0.29, 0.717) is 17.7 Å². The number of halogens is 1. The van der Waals surface area contributed by atoms with Crippen LogP contribution < -0.4 is 5.32 Å². The monoisotopic (exact) mass is 302 g/mol. The molecule has 1 spiro atoms. The van der Waals surface area contributed by atoms with Crippen LogP contribution in [0.4, 0.5) is 0 Å². The molecule has 2 heterocycles. The topological polar surface area (TPSA) is 41.6 Å². The lowest BCUT2D eigenvalue weighted by Crippen LogP contribution is -2.42. The fourth-order valence-electron chi connectivity index (χ4n) is 3.93. The Balaban J connectivity index is 0.00000147. The zero-order chi connectivity index (χ0) is 13.1. The minimum atomic E-state index is 0. The predicted octanol–water partition coefficient (Wildman–Crippen LogP) is 1.97. The average Bonchev–Trinajstić information content (AvgIpc) is 2.85. The molecule has 0 bridgehead atoms. The zero-order valence-electron chi connectivity index (χ0n) is 12.2. The van der Waals surface area contributed by atoms with Gasteiger partial charge in [-0.1, -0.05) is 19.3 Å². The average molecular weight is 303 g/mol. The number of amides is 1. The minimum Gasteiger partial charge on any atom is -0.375 e. The Kier molecular flexibility index (Phi) is 5.70. The predicted molar refractivity (Wildman–Crippen MR) is 81.2 cm³/mol. The molecule has 5 heteroatoms. The smallest absolute Gasteiger partial charge is 0.225 e. The Morgan fingerprint density at radius 3 is 2.75 bits per heavy atom. The zero-order valence-corrected chi connectivity index (χ0v) is 13.1. The fourth-order valence-corrected chi connectivity index (χ4v) is 3.93. The van der Waals surface area contributed by atoms with Crippen molar-refractivity contribution in [2.24, 2.45) is 5.41 Å². The first-order chi connectivity index (χ1) is 9.27. The molecule has 1 atom stereocenters. The molecular weight excluding hydrogens is 276 g/mol. The van der Waals surface area contributed by atoms with Crippen molar-refractivity contribution >= 4 is 18.3 Å². The first-order valence-electron chi connectivity index (χ1n) is 7.88. The van der Waals surface area contributed by atoms with Crippen LogP contribution in [0.1, 0.15) is 44.9 Å². The lowest BCUT2D eigenvalue weighted by Gasteiger charge is -2.33. The number of carbonyl (C=O) groups is 1. The van der Waals surface area contributed by atoms with E-state index in [1.807, 2.05) is 0 Å². The summed E-state index contributed by atoms with van der Waals surface area (Å²) in [4.78, 5) is 14.5. The van der Waals surface area contributed by atoms with E-state index in [1.165, 1.54) is 38.5 Å². The second-order valence-corrected chi connectivity index (χ2v) is 6.53. The Labute approximate surface area is 128 Å². The molecule has 2 saturated heterocycles. The number of morpholine rings is 1. The summed E-state index contributed by atoms with van der Waals surface area (Å²) >= 11 is 0. The van der Waals surface area contributed by atoms with Crippen LogP contribution in [0.3, 0.4) is 0 Å². The summed E-state index contributed by atoms with van der Waals surface area (Å²) in [6.45, 7) is 4.45. The highest BCUT2D eigenvalue weighted by atomic mass is 35.5. The molecule has 3 rings (SSSR count). The Hall–Kier alpha value is -0.320. The molecule has 0 radical (unpaired) electrons. The van der Waals surface area contributed by atoms with Gasteiger partial charge >= 0.3 is 0 Å². The van der Waals surface area contributed by atoms with Crippen molar-refractivity contribution in [2.75, 3.05) is 32.8 Å². The molecule has 0 aromatic rings. The molecule has 1 aliphatic carbocycles. The summed E-state index contributed by atoms with van der Waals surface area (Å²) < 4.78 is 5.64. The SMILES string of the molecule is Cl.O=C(CC1CNCCO1)N1CCC2(CCCCC2)C1. The van der Waals surface area contributed by atoms with Crippen molar-refractivity contribution in [3.8, 4) is 0 Å². The summed E-state index contributed by atoms with van der Waals surface area (Å²) in [7, 11) is 0. The van der Waals surface area contributed by atoms with Crippen LogP contribution in [0.2, 0.25) is 0 Å². The number of rotatable bonds is 2. The van der Waals surface area contributed by atoms with E-state index in [4.69, 9.17) is 4.74 Å². The quantitative estimate of drug-likeness (QED) is 0.848. The molecule has 1 amide bonds. The number of carbonyl (C=O) groups excluding carboxylic acids is 1. The van der Waals surface area contributed by atoms with E-state index in [-0.39, 0.29) is 18.5 Å². The van der Waals surface area contributed by atoms with E-state index in [0.717, 1.165) is 32.8 Å². The third kappa shape index (κ3) is 3.66. The minimum absolute atomic E-state index is 0. The van der Waals surface area contributed by atoms with Crippen LogP contribution in [0, 0.1) is 5.41 Å². The van der Waals surface area contributed by atoms with Crippen LogP contribution in [-0.4, -0.2) is 49.7 Å². The van der Waals surface area contributed by atoms with Gasteiger partial charge in [-0.2, -0.15) is 0 Å². The third-order valence-electron chi connectivity index (χ3n) is 5.11. The summed E-state index contributed by atoms with van der Waals surface area (Å²) in [5.41, 5.74) is 0.472. The van der Waals surface area contributed by atoms with Crippen molar-refractivity contribution in [2.45, 2.75) is 51.0 Å². The van der Waals surface area contributed by atoms with E-state index in [2.05, 4.69) is 10.2 Å². The van der Waals surface area contributed by atoms with Gasteiger partial charge in [0.2, 0.25) is 5.91 Å². The number of hydrogen-bond acceptors (Lipinski definition) is 3. The van der Waals surface area contributed by atoms with Gasteiger partial charge in [0.15, 0.2) is 0 Å². The number of nitrogens with zero attached hydrogens (tertiary/aromatic N) is 1. The van der Waals surface area contributed by atoms with Gasteiger partial charge in [0, 0.05) is 26.2 Å². The second kappa shape index (κ2) is 7.10. The highest BCUT2D eigenvalue weighted by Gasteiger charge is 2.40. The van der Waals surface area contributed by atoms with Crippen molar-refractivity contribution < 1.29 is 9.53 Å². The number of likely N-dealkylation sites (tertiary alicyclic amines) is 1. The van der Waals surface area contributed by atoms with Crippen LogP contribution in [0.25, 0.3) is 0 Å². The van der Waals surface area contributed by atoms with Crippen molar-refractivity contribution in [1.82, 2.24) is 10.2 Å². The van der Waals surface area contributed by atoms with Gasteiger partial charge in [0.25, 0.3) is 0 Å². The van der Waals surface area contributed by atoms with Crippen LogP contribution in [-0.2, 0) is 9.53 Å². The van der Waals surface area contributed by atoms with Gasteiger partial charge in [-0.15, -0.1) is 12.4 Å². The van der Waals surface area contributed by atoms with Crippen molar-refractivity contribution in [3.05, 3.63) is 0 Å². The van der Waals surface area contributed by atoms with E-state index < -0.39 is 0 Å². The molecule has 20 heavy (non-hydrogen) atoms. The normalized spacial score (nSPS) is 29.2. The van der Waals surface area contributed by atoms with E-state index in [9.17, 15) is 4.79 Å². The summed E-state index contributed by atoms with van der Waals surface area (Å²) in [5, 5.41) is 3.29. The van der Waals surface area contributed by atoms with Crippen LogP contribution in [0.15, 0.2) is 0 Å². The number of nitrogens with one attached hydrogen (secondary N) is 1. The molecular formula is C15H27ClN2O2. The molecule has 4 nitrogen and oxygen atoms in total. The maximum absolute atomic E-state index is 12.4. The highest BCUT2D eigenvalue weighted by Crippen LogP contribution is 2.43. The molecule has 3 aliphatic rings. The molecule has 2 aliphatic heterocycles. The van der Waals surface area contributed by atoms with Crippen LogP contribution >= 0.6 is 12.4 Å². The largest absolute Gasteiger partial charge is 0.375 e. The molecule has 116 valence electrons. The van der Waals surface area contributed by atoms with Crippen molar-refractivity contribution in [1.29, 1.82) is 0 Å².